The molecule has 0 amide bonds. The van der Waals surface area contributed by atoms with Gasteiger partial charge >= 0.3 is 5.97 Å². The molecule has 1 aromatic carbocycles. The molecule has 0 aliphatic rings. The Morgan fingerprint density at radius 2 is 2.11 bits per heavy atom. The number of carboxylic acids is 1. The molecule has 0 saturated carbocycles. The first-order valence-corrected chi connectivity index (χ1v) is 5.61. The maximum atomic E-state index is 10.4. The minimum absolute atomic E-state index is 0.282. The van der Waals surface area contributed by atoms with Crippen LogP contribution in [0.2, 0.25) is 5.02 Å². The molecule has 1 N–H and O–H groups in total. The summed E-state index contributed by atoms with van der Waals surface area (Å²) in [6, 6.07) is 8.84. The van der Waals surface area contributed by atoms with E-state index in [9.17, 15) is 4.79 Å². The van der Waals surface area contributed by atoms with Gasteiger partial charge in [0.2, 0.25) is 5.88 Å². The Morgan fingerprint density at radius 3 is 2.72 bits per heavy atom. The summed E-state index contributed by atoms with van der Waals surface area (Å²) in [5, 5.41) is 13.3. The van der Waals surface area contributed by atoms with Crippen LogP contribution in [0.25, 0.3) is 5.69 Å². The van der Waals surface area contributed by atoms with Crippen LogP contribution in [-0.2, 0) is 4.79 Å². The summed E-state index contributed by atoms with van der Waals surface area (Å²) in [7, 11) is 0. The molecule has 1 aromatic heterocycles. The number of hydrogen-bond acceptors (Lipinski definition) is 3. The summed E-state index contributed by atoms with van der Waals surface area (Å²) in [6.45, 7) is 1.45. The standard InChI is InChI=1S/C12H11ClN2O3/c1-8-6-11(18-7-12(16)17)14-15(8)10-4-2-9(13)3-5-10/h2-6H,7H2,1H3,(H,16,17). The number of rotatable bonds is 4. The van der Waals surface area contributed by atoms with Crippen molar-refractivity contribution in [1.29, 1.82) is 0 Å². The number of aromatic nitrogens is 2. The zero-order valence-electron chi connectivity index (χ0n) is 9.63. The van der Waals surface area contributed by atoms with Crippen LogP contribution in [0.1, 0.15) is 5.69 Å². The van der Waals surface area contributed by atoms with Gasteiger partial charge in [-0.1, -0.05) is 11.6 Å². The molecular formula is C12H11ClN2O3. The summed E-state index contributed by atoms with van der Waals surface area (Å²) in [6.07, 6.45) is 0. The first-order chi connectivity index (χ1) is 8.56. The lowest BCUT2D eigenvalue weighted by Crippen LogP contribution is -2.09. The molecule has 2 aromatic rings. The largest absolute Gasteiger partial charge is 0.479 e. The van der Waals surface area contributed by atoms with Crippen molar-refractivity contribution in [1.82, 2.24) is 9.78 Å². The second kappa shape index (κ2) is 5.10. The van der Waals surface area contributed by atoms with E-state index in [1.807, 2.05) is 19.1 Å². The molecule has 0 aliphatic heterocycles. The van der Waals surface area contributed by atoms with E-state index < -0.39 is 12.6 Å². The van der Waals surface area contributed by atoms with E-state index in [4.69, 9.17) is 21.4 Å². The molecule has 0 bridgehead atoms. The third kappa shape index (κ3) is 2.81. The fourth-order valence-electron chi connectivity index (χ4n) is 1.50. The molecule has 0 saturated heterocycles. The monoisotopic (exact) mass is 266 g/mol. The van der Waals surface area contributed by atoms with Crippen molar-refractivity contribution in [2.24, 2.45) is 0 Å². The second-order valence-corrected chi connectivity index (χ2v) is 4.13. The summed E-state index contributed by atoms with van der Waals surface area (Å²) in [5.74, 6) is -0.751. The third-order valence-corrected chi connectivity index (χ3v) is 2.53. The third-order valence-electron chi connectivity index (χ3n) is 2.28. The molecule has 2 rings (SSSR count). The van der Waals surface area contributed by atoms with Gasteiger partial charge in [-0.3, -0.25) is 0 Å². The SMILES string of the molecule is Cc1cc(OCC(=O)O)nn1-c1ccc(Cl)cc1. The molecule has 18 heavy (non-hydrogen) atoms. The van der Waals surface area contributed by atoms with Crippen molar-refractivity contribution in [3.8, 4) is 11.6 Å². The normalized spacial score (nSPS) is 10.3. The summed E-state index contributed by atoms with van der Waals surface area (Å²) >= 11 is 5.81. The number of benzene rings is 1. The van der Waals surface area contributed by atoms with Gasteiger partial charge in [0.1, 0.15) is 0 Å². The Balaban J connectivity index is 2.23. The van der Waals surface area contributed by atoms with Gasteiger partial charge in [-0.15, -0.1) is 5.10 Å². The van der Waals surface area contributed by atoms with Gasteiger partial charge in [-0.25, -0.2) is 9.48 Å². The average Bonchev–Trinajstić information content (AvgIpc) is 2.69. The highest BCUT2D eigenvalue weighted by Crippen LogP contribution is 2.18. The van der Waals surface area contributed by atoms with Gasteiger partial charge < -0.3 is 9.84 Å². The minimum atomic E-state index is -1.03. The number of halogens is 1. The maximum Gasteiger partial charge on any atom is 0.341 e. The Bertz CT molecular complexity index is 563. The van der Waals surface area contributed by atoms with Crippen molar-refractivity contribution < 1.29 is 14.6 Å². The van der Waals surface area contributed by atoms with E-state index in [-0.39, 0.29) is 5.88 Å². The first kappa shape index (κ1) is 12.4. The van der Waals surface area contributed by atoms with E-state index in [0.717, 1.165) is 11.4 Å². The first-order valence-electron chi connectivity index (χ1n) is 5.23. The Labute approximate surface area is 109 Å². The Morgan fingerprint density at radius 1 is 1.44 bits per heavy atom. The van der Waals surface area contributed by atoms with Crippen LogP contribution < -0.4 is 4.74 Å². The van der Waals surface area contributed by atoms with Crippen molar-refractivity contribution in [3.05, 3.63) is 41.0 Å². The van der Waals surface area contributed by atoms with E-state index in [1.54, 1.807) is 22.9 Å². The van der Waals surface area contributed by atoms with Gasteiger partial charge in [-0.05, 0) is 31.2 Å². The van der Waals surface area contributed by atoms with Gasteiger partial charge in [0.05, 0.1) is 5.69 Å². The second-order valence-electron chi connectivity index (χ2n) is 3.69. The van der Waals surface area contributed by atoms with Crippen molar-refractivity contribution in [2.45, 2.75) is 6.92 Å². The van der Waals surface area contributed by atoms with Crippen LogP contribution in [0.4, 0.5) is 0 Å². The summed E-state index contributed by atoms with van der Waals surface area (Å²) in [4.78, 5) is 10.4. The lowest BCUT2D eigenvalue weighted by Gasteiger charge is -2.03. The molecule has 0 aliphatic carbocycles. The number of carboxylic acid groups (broad SMARTS) is 1. The number of aliphatic carboxylic acids is 1. The number of carbonyl (C=O) groups is 1. The lowest BCUT2D eigenvalue weighted by molar-refractivity contribution is -0.139. The number of hydrogen-bond donors (Lipinski definition) is 1. The van der Waals surface area contributed by atoms with Crippen LogP contribution in [0.5, 0.6) is 5.88 Å². The predicted molar refractivity (Wildman–Crippen MR) is 66.4 cm³/mol. The zero-order valence-corrected chi connectivity index (χ0v) is 10.4. The summed E-state index contributed by atoms with van der Waals surface area (Å²) < 4.78 is 6.68. The van der Waals surface area contributed by atoms with E-state index in [0.29, 0.717) is 5.02 Å². The Kier molecular flexibility index (Phi) is 3.53. The fraction of sp³-hybridized carbons (Fsp3) is 0.167. The molecule has 0 atom stereocenters. The van der Waals surface area contributed by atoms with Crippen molar-refractivity contribution in [2.75, 3.05) is 6.61 Å². The average molecular weight is 267 g/mol. The quantitative estimate of drug-likeness (QED) is 0.922. The molecule has 0 radical (unpaired) electrons. The van der Waals surface area contributed by atoms with Gasteiger partial charge in [0.15, 0.2) is 6.61 Å². The van der Waals surface area contributed by atoms with E-state index >= 15 is 0 Å². The highest BCUT2D eigenvalue weighted by molar-refractivity contribution is 6.30. The van der Waals surface area contributed by atoms with Crippen LogP contribution in [0, 0.1) is 6.92 Å². The molecule has 6 heteroatoms. The highest BCUT2D eigenvalue weighted by Gasteiger charge is 2.08. The van der Waals surface area contributed by atoms with Crippen molar-refractivity contribution in [3.63, 3.8) is 0 Å². The van der Waals surface area contributed by atoms with Gasteiger partial charge in [0.25, 0.3) is 0 Å². The van der Waals surface area contributed by atoms with E-state index in [2.05, 4.69) is 5.10 Å². The highest BCUT2D eigenvalue weighted by atomic mass is 35.5. The topological polar surface area (TPSA) is 64.3 Å². The predicted octanol–water partition coefficient (Wildman–Crippen LogP) is 2.30. The van der Waals surface area contributed by atoms with Crippen LogP contribution in [0.3, 0.4) is 0 Å². The maximum absolute atomic E-state index is 10.4. The van der Waals surface area contributed by atoms with Crippen LogP contribution in [0.15, 0.2) is 30.3 Å². The van der Waals surface area contributed by atoms with E-state index in [1.165, 1.54) is 0 Å². The molecule has 5 nitrogen and oxygen atoms in total. The minimum Gasteiger partial charge on any atom is -0.479 e. The number of aryl methyl sites for hydroxylation is 1. The van der Waals surface area contributed by atoms with Crippen molar-refractivity contribution >= 4 is 17.6 Å². The zero-order chi connectivity index (χ0) is 13.1. The molecule has 0 fully saturated rings. The van der Waals surface area contributed by atoms with Gasteiger partial charge in [0, 0.05) is 16.8 Å². The fourth-order valence-corrected chi connectivity index (χ4v) is 1.62. The Hall–Kier alpha value is -2.01. The molecular weight excluding hydrogens is 256 g/mol. The molecule has 0 unspecified atom stereocenters. The molecule has 94 valence electrons. The number of nitrogens with zero attached hydrogens (tertiary/aromatic N) is 2. The smallest absolute Gasteiger partial charge is 0.341 e. The molecule has 1 heterocycles. The van der Waals surface area contributed by atoms with Crippen LogP contribution >= 0.6 is 11.6 Å². The summed E-state index contributed by atoms with van der Waals surface area (Å²) in [5.41, 5.74) is 1.68. The number of ether oxygens (including phenoxy) is 1. The lowest BCUT2D eigenvalue weighted by atomic mass is 10.3. The van der Waals surface area contributed by atoms with Crippen LogP contribution in [-0.4, -0.2) is 27.5 Å². The molecule has 0 spiro atoms. The van der Waals surface area contributed by atoms with Gasteiger partial charge in [-0.2, -0.15) is 0 Å².